The molecule has 116 valence electrons. The molecule has 1 aromatic carbocycles. The molecule has 2 aliphatic rings. The third kappa shape index (κ3) is 3.78. The van der Waals surface area contributed by atoms with Crippen molar-refractivity contribution in [2.45, 2.75) is 45.1 Å². The van der Waals surface area contributed by atoms with Gasteiger partial charge in [-0.3, -0.25) is 4.79 Å². The Balaban J connectivity index is 0.00000161. The lowest BCUT2D eigenvalue weighted by Crippen LogP contribution is -2.52. The first-order valence-electron chi connectivity index (χ1n) is 7.85. The van der Waals surface area contributed by atoms with E-state index in [1.807, 2.05) is 4.90 Å². The van der Waals surface area contributed by atoms with Gasteiger partial charge in [-0.05, 0) is 49.3 Å². The Kier molecular flexibility index (Phi) is 5.65. The van der Waals surface area contributed by atoms with Crippen LogP contribution in [0.15, 0.2) is 18.2 Å². The molecule has 3 rings (SSSR count). The van der Waals surface area contributed by atoms with E-state index in [2.05, 4.69) is 30.4 Å². The third-order valence-corrected chi connectivity index (χ3v) is 4.59. The molecule has 4 heteroatoms. The van der Waals surface area contributed by atoms with Crippen LogP contribution in [0.1, 0.15) is 36.5 Å². The van der Waals surface area contributed by atoms with Crippen LogP contribution in [-0.2, 0) is 24.1 Å². The van der Waals surface area contributed by atoms with Gasteiger partial charge in [-0.25, -0.2) is 0 Å². The highest BCUT2D eigenvalue weighted by Gasteiger charge is 2.23. The molecule has 1 atom stereocenters. The van der Waals surface area contributed by atoms with Crippen molar-refractivity contribution >= 4 is 18.3 Å². The van der Waals surface area contributed by atoms with E-state index < -0.39 is 0 Å². The number of amides is 1. The summed E-state index contributed by atoms with van der Waals surface area (Å²) in [7, 11) is 0. The zero-order valence-electron chi connectivity index (χ0n) is 12.7. The summed E-state index contributed by atoms with van der Waals surface area (Å²) in [6.45, 7) is 4.79. The van der Waals surface area contributed by atoms with E-state index in [-0.39, 0.29) is 18.3 Å². The fourth-order valence-corrected chi connectivity index (χ4v) is 3.38. The second-order valence-electron chi connectivity index (χ2n) is 6.13. The van der Waals surface area contributed by atoms with Crippen LogP contribution < -0.4 is 5.32 Å². The van der Waals surface area contributed by atoms with E-state index in [4.69, 9.17) is 0 Å². The van der Waals surface area contributed by atoms with Gasteiger partial charge in [0.05, 0.1) is 6.42 Å². The quantitative estimate of drug-likeness (QED) is 0.909. The van der Waals surface area contributed by atoms with Crippen LogP contribution in [0.2, 0.25) is 0 Å². The average Bonchev–Trinajstić information content (AvgIpc) is 2.47. The molecule has 0 aromatic heterocycles. The van der Waals surface area contributed by atoms with Crippen molar-refractivity contribution in [3.8, 4) is 0 Å². The summed E-state index contributed by atoms with van der Waals surface area (Å²) in [6.07, 6.45) is 5.54. The summed E-state index contributed by atoms with van der Waals surface area (Å²) in [5, 5.41) is 3.33. The van der Waals surface area contributed by atoms with Crippen LogP contribution >= 0.6 is 12.4 Å². The van der Waals surface area contributed by atoms with Gasteiger partial charge in [0.25, 0.3) is 0 Å². The number of benzene rings is 1. The summed E-state index contributed by atoms with van der Waals surface area (Å²) in [6, 6.07) is 6.96. The van der Waals surface area contributed by atoms with Gasteiger partial charge in [0, 0.05) is 25.7 Å². The molecule has 1 heterocycles. The molecule has 3 nitrogen and oxygen atoms in total. The number of fused-ring (bicyclic) bond motifs is 1. The smallest absolute Gasteiger partial charge is 0.227 e. The van der Waals surface area contributed by atoms with Gasteiger partial charge in [0.1, 0.15) is 0 Å². The first-order valence-corrected chi connectivity index (χ1v) is 7.85. The molecule has 1 aliphatic heterocycles. The number of carbonyl (C=O) groups is 1. The second kappa shape index (κ2) is 7.28. The normalized spacial score (nSPS) is 21.4. The maximum Gasteiger partial charge on any atom is 0.227 e. The van der Waals surface area contributed by atoms with Crippen molar-refractivity contribution in [2.24, 2.45) is 0 Å². The van der Waals surface area contributed by atoms with Gasteiger partial charge in [-0.2, -0.15) is 0 Å². The molecule has 0 unspecified atom stereocenters. The fraction of sp³-hybridized carbons (Fsp3) is 0.588. The summed E-state index contributed by atoms with van der Waals surface area (Å²) in [5.41, 5.74) is 4.14. The number of rotatable bonds is 2. The van der Waals surface area contributed by atoms with Gasteiger partial charge >= 0.3 is 0 Å². The predicted octanol–water partition coefficient (Wildman–Crippen LogP) is 2.35. The number of aryl methyl sites for hydroxylation is 2. The summed E-state index contributed by atoms with van der Waals surface area (Å²) in [5.74, 6) is 0.273. The van der Waals surface area contributed by atoms with Crippen LogP contribution in [0.4, 0.5) is 0 Å². The highest BCUT2D eigenvalue weighted by atomic mass is 35.5. The van der Waals surface area contributed by atoms with Crippen molar-refractivity contribution in [3.05, 3.63) is 34.9 Å². The standard InChI is InChI=1S/C17H24N2O.ClH/c1-13-12-18-8-9-19(13)17(20)11-14-6-7-15-4-2-3-5-16(15)10-14;/h6-7,10,13,18H,2-5,8-9,11-12H2,1H3;1H/t13-;/m1./s1. The zero-order valence-corrected chi connectivity index (χ0v) is 13.5. The van der Waals surface area contributed by atoms with Gasteiger partial charge in [0.2, 0.25) is 5.91 Å². The van der Waals surface area contributed by atoms with Crippen molar-refractivity contribution < 1.29 is 4.79 Å². The number of hydrogen-bond acceptors (Lipinski definition) is 2. The van der Waals surface area contributed by atoms with Crippen LogP contribution in [0.25, 0.3) is 0 Å². The van der Waals surface area contributed by atoms with Gasteiger partial charge in [-0.15, -0.1) is 12.4 Å². The molecule has 1 amide bonds. The largest absolute Gasteiger partial charge is 0.337 e. The van der Waals surface area contributed by atoms with Crippen molar-refractivity contribution in [2.75, 3.05) is 19.6 Å². The van der Waals surface area contributed by atoms with Crippen molar-refractivity contribution in [1.82, 2.24) is 10.2 Å². The molecule has 0 saturated carbocycles. The Hall–Kier alpha value is -1.06. The van der Waals surface area contributed by atoms with E-state index in [1.54, 1.807) is 0 Å². The Morgan fingerprint density at radius 3 is 2.81 bits per heavy atom. The molecular formula is C17H25ClN2O. The maximum absolute atomic E-state index is 12.4. The minimum Gasteiger partial charge on any atom is -0.337 e. The fourth-order valence-electron chi connectivity index (χ4n) is 3.38. The number of nitrogens with zero attached hydrogens (tertiary/aromatic N) is 1. The maximum atomic E-state index is 12.4. The molecule has 0 spiro atoms. The average molecular weight is 309 g/mol. The van der Waals surface area contributed by atoms with E-state index in [1.165, 1.54) is 42.4 Å². The zero-order chi connectivity index (χ0) is 13.9. The van der Waals surface area contributed by atoms with E-state index >= 15 is 0 Å². The SMILES string of the molecule is C[C@@H]1CNCCN1C(=O)Cc1ccc2c(c1)CCCC2.Cl. The van der Waals surface area contributed by atoms with Crippen LogP contribution in [0.3, 0.4) is 0 Å². The van der Waals surface area contributed by atoms with Gasteiger partial charge in [0.15, 0.2) is 0 Å². The first kappa shape index (κ1) is 16.3. The topological polar surface area (TPSA) is 32.3 Å². The minimum absolute atomic E-state index is 0. The Morgan fingerprint density at radius 1 is 1.29 bits per heavy atom. The second-order valence-corrected chi connectivity index (χ2v) is 6.13. The van der Waals surface area contributed by atoms with Crippen LogP contribution in [0.5, 0.6) is 0 Å². The van der Waals surface area contributed by atoms with Gasteiger partial charge < -0.3 is 10.2 Å². The molecular weight excluding hydrogens is 284 g/mol. The van der Waals surface area contributed by atoms with E-state index in [0.29, 0.717) is 12.5 Å². The molecule has 1 fully saturated rings. The number of piperazine rings is 1. The number of halogens is 1. The Morgan fingerprint density at radius 2 is 2.05 bits per heavy atom. The number of nitrogens with one attached hydrogen (secondary N) is 1. The predicted molar refractivity (Wildman–Crippen MR) is 88.1 cm³/mol. The van der Waals surface area contributed by atoms with E-state index in [9.17, 15) is 4.79 Å². The monoisotopic (exact) mass is 308 g/mol. The Bertz CT molecular complexity index is 504. The highest BCUT2D eigenvalue weighted by molar-refractivity contribution is 5.85. The number of hydrogen-bond donors (Lipinski definition) is 1. The number of carbonyl (C=O) groups excluding carboxylic acids is 1. The van der Waals surface area contributed by atoms with Gasteiger partial charge in [-0.1, -0.05) is 18.2 Å². The summed E-state index contributed by atoms with van der Waals surface area (Å²) in [4.78, 5) is 14.5. The lowest BCUT2D eigenvalue weighted by atomic mass is 9.90. The van der Waals surface area contributed by atoms with Crippen molar-refractivity contribution in [3.63, 3.8) is 0 Å². The third-order valence-electron chi connectivity index (χ3n) is 4.59. The molecule has 1 N–H and O–H groups in total. The molecule has 0 bridgehead atoms. The molecule has 1 saturated heterocycles. The molecule has 0 radical (unpaired) electrons. The molecule has 21 heavy (non-hydrogen) atoms. The van der Waals surface area contributed by atoms with Crippen LogP contribution in [-0.4, -0.2) is 36.5 Å². The lowest BCUT2D eigenvalue weighted by molar-refractivity contribution is -0.133. The minimum atomic E-state index is 0. The van der Waals surface area contributed by atoms with Crippen LogP contribution in [0, 0.1) is 0 Å². The van der Waals surface area contributed by atoms with E-state index in [0.717, 1.165) is 19.6 Å². The Labute approximate surface area is 133 Å². The first-order chi connectivity index (χ1) is 9.74. The summed E-state index contributed by atoms with van der Waals surface area (Å²) >= 11 is 0. The van der Waals surface area contributed by atoms with Crippen molar-refractivity contribution in [1.29, 1.82) is 0 Å². The highest BCUT2D eigenvalue weighted by Crippen LogP contribution is 2.22. The summed E-state index contributed by atoms with van der Waals surface area (Å²) < 4.78 is 0. The molecule has 1 aromatic rings. The molecule has 1 aliphatic carbocycles. The lowest BCUT2D eigenvalue weighted by Gasteiger charge is -2.34.